The molecule has 0 saturated carbocycles. The molecule has 1 heterocycles. The lowest BCUT2D eigenvalue weighted by Crippen LogP contribution is -2.04. The minimum atomic E-state index is -0.971. The van der Waals surface area contributed by atoms with Crippen molar-refractivity contribution in [2.75, 3.05) is 6.61 Å². The Balaban J connectivity index is 1.84. The van der Waals surface area contributed by atoms with Crippen molar-refractivity contribution in [2.45, 2.75) is 20.5 Å². The molecule has 0 unspecified atom stereocenters. The first kappa shape index (κ1) is 20.8. The van der Waals surface area contributed by atoms with Crippen molar-refractivity contribution in [1.29, 1.82) is 0 Å². The van der Waals surface area contributed by atoms with Crippen LogP contribution >= 0.6 is 22.6 Å². The molecule has 2 aromatic rings. The number of ether oxygens (including phenoxy) is 2. The molecular formula is C21H18INO6. The van der Waals surface area contributed by atoms with Crippen LogP contribution in [0.2, 0.25) is 0 Å². The fourth-order valence-electron chi connectivity index (χ4n) is 2.66. The van der Waals surface area contributed by atoms with E-state index in [1.165, 1.54) is 12.1 Å². The van der Waals surface area contributed by atoms with E-state index in [4.69, 9.17) is 14.6 Å². The number of carboxylic acids is 1. The minimum Gasteiger partial charge on any atom is -0.490 e. The van der Waals surface area contributed by atoms with Crippen molar-refractivity contribution in [2.24, 2.45) is 5.16 Å². The zero-order valence-electron chi connectivity index (χ0n) is 15.8. The van der Waals surface area contributed by atoms with Gasteiger partial charge in [0.05, 0.1) is 27.0 Å². The Hall–Kier alpha value is -2.88. The Kier molecular flexibility index (Phi) is 6.53. The summed E-state index contributed by atoms with van der Waals surface area (Å²) in [5.74, 6) is -0.326. The summed E-state index contributed by atoms with van der Waals surface area (Å²) in [5.41, 5.74) is 2.74. The van der Waals surface area contributed by atoms with Crippen LogP contribution in [0.5, 0.6) is 11.5 Å². The zero-order chi connectivity index (χ0) is 21.0. The van der Waals surface area contributed by atoms with Crippen molar-refractivity contribution in [3.63, 3.8) is 0 Å². The fraction of sp³-hybridized carbons (Fsp3) is 0.190. The number of rotatable bonds is 7. The molecule has 29 heavy (non-hydrogen) atoms. The first-order valence-electron chi connectivity index (χ1n) is 8.78. The number of carbonyl (C=O) groups excluding carboxylic acids is 1. The van der Waals surface area contributed by atoms with Gasteiger partial charge in [-0.25, -0.2) is 9.59 Å². The van der Waals surface area contributed by atoms with Crippen LogP contribution in [0.4, 0.5) is 0 Å². The standard InChI is InChI=1S/C21H18INO6/c1-3-27-18-10-14(8-16-12(2)23-29-21(16)26)9-17(22)19(18)28-11-13-4-6-15(7-5-13)20(24)25/h4-10H,3,11H2,1-2H3,(H,24,25)/b16-8-. The number of nitrogens with zero attached hydrogens (tertiary/aromatic N) is 1. The van der Waals surface area contributed by atoms with Gasteiger partial charge in [-0.15, -0.1) is 0 Å². The Morgan fingerprint density at radius 2 is 1.97 bits per heavy atom. The van der Waals surface area contributed by atoms with Gasteiger partial charge in [0.25, 0.3) is 0 Å². The maximum Gasteiger partial charge on any atom is 0.367 e. The molecule has 1 aliphatic rings. The quantitative estimate of drug-likeness (QED) is 0.342. The molecule has 0 saturated heterocycles. The van der Waals surface area contributed by atoms with Crippen molar-refractivity contribution in [3.05, 3.63) is 62.2 Å². The van der Waals surface area contributed by atoms with Gasteiger partial charge in [0.15, 0.2) is 11.5 Å². The molecule has 1 N–H and O–H groups in total. The number of halogens is 1. The molecule has 0 atom stereocenters. The van der Waals surface area contributed by atoms with Crippen LogP contribution in [0.1, 0.15) is 35.3 Å². The highest BCUT2D eigenvalue weighted by Gasteiger charge is 2.22. The van der Waals surface area contributed by atoms with Gasteiger partial charge in [0.1, 0.15) is 6.61 Å². The van der Waals surface area contributed by atoms with Crippen LogP contribution in [-0.4, -0.2) is 29.4 Å². The predicted molar refractivity (Wildman–Crippen MR) is 115 cm³/mol. The van der Waals surface area contributed by atoms with Crippen LogP contribution < -0.4 is 9.47 Å². The highest BCUT2D eigenvalue weighted by atomic mass is 127. The number of carbonyl (C=O) groups is 2. The second-order valence-corrected chi connectivity index (χ2v) is 7.33. The van der Waals surface area contributed by atoms with Crippen LogP contribution in [0.3, 0.4) is 0 Å². The highest BCUT2D eigenvalue weighted by molar-refractivity contribution is 14.1. The molecule has 0 fully saturated rings. The first-order chi connectivity index (χ1) is 13.9. The van der Waals surface area contributed by atoms with Gasteiger partial charge in [-0.05, 0) is 77.9 Å². The van der Waals surface area contributed by atoms with Gasteiger partial charge in [0, 0.05) is 0 Å². The highest BCUT2D eigenvalue weighted by Crippen LogP contribution is 2.36. The zero-order valence-corrected chi connectivity index (χ0v) is 17.9. The van der Waals surface area contributed by atoms with Gasteiger partial charge in [-0.2, -0.15) is 0 Å². The minimum absolute atomic E-state index is 0.222. The molecule has 3 rings (SSSR count). The summed E-state index contributed by atoms with van der Waals surface area (Å²) in [4.78, 5) is 27.4. The number of benzene rings is 2. The van der Waals surface area contributed by atoms with Gasteiger partial charge < -0.3 is 19.4 Å². The molecule has 150 valence electrons. The Bertz CT molecular complexity index is 1010. The lowest BCUT2D eigenvalue weighted by molar-refractivity contribution is -0.136. The van der Waals surface area contributed by atoms with E-state index in [0.29, 0.717) is 29.4 Å². The monoisotopic (exact) mass is 507 g/mol. The molecule has 0 amide bonds. The molecule has 1 aliphatic heterocycles. The van der Waals surface area contributed by atoms with E-state index in [-0.39, 0.29) is 12.2 Å². The summed E-state index contributed by atoms with van der Waals surface area (Å²) in [6.45, 7) is 4.28. The van der Waals surface area contributed by atoms with Gasteiger partial charge in [-0.1, -0.05) is 17.3 Å². The second kappa shape index (κ2) is 9.08. The third kappa shape index (κ3) is 4.94. The van der Waals surface area contributed by atoms with Gasteiger partial charge in [0.2, 0.25) is 0 Å². The number of hydrogen-bond donors (Lipinski definition) is 1. The fourth-order valence-corrected chi connectivity index (χ4v) is 3.44. The van der Waals surface area contributed by atoms with Crippen molar-refractivity contribution in [1.82, 2.24) is 0 Å². The Labute approximate surface area is 181 Å². The number of oxime groups is 1. The van der Waals surface area contributed by atoms with E-state index in [9.17, 15) is 9.59 Å². The predicted octanol–water partition coefficient (Wildman–Crippen LogP) is 4.28. The lowest BCUT2D eigenvalue weighted by Gasteiger charge is -2.15. The normalized spacial score (nSPS) is 14.5. The molecule has 0 aromatic heterocycles. The summed E-state index contributed by atoms with van der Waals surface area (Å²) in [5, 5.41) is 12.7. The van der Waals surface area contributed by atoms with Crippen LogP contribution in [-0.2, 0) is 16.2 Å². The maximum atomic E-state index is 11.8. The first-order valence-corrected chi connectivity index (χ1v) is 9.86. The van der Waals surface area contributed by atoms with E-state index < -0.39 is 11.9 Å². The summed E-state index contributed by atoms with van der Waals surface area (Å²) >= 11 is 2.15. The second-order valence-electron chi connectivity index (χ2n) is 6.17. The number of hydrogen-bond acceptors (Lipinski definition) is 6. The van der Waals surface area contributed by atoms with Crippen LogP contribution in [0.15, 0.2) is 47.1 Å². The average Bonchev–Trinajstić information content (AvgIpc) is 3.00. The molecule has 0 bridgehead atoms. The number of aromatic carboxylic acids is 1. The summed E-state index contributed by atoms with van der Waals surface area (Å²) in [6.07, 6.45) is 1.70. The van der Waals surface area contributed by atoms with Gasteiger partial charge >= 0.3 is 11.9 Å². The molecule has 7 nitrogen and oxygen atoms in total. The number of carboxylic acid groups (broad SMARTS) is 1. The summed E-state index contributed by atoms with van der Waals surface area (Å²) in [7, 11) is 0. The summed E-state index contributed by atoms with van der Waals surface area (Å²) < 4.78 is 12.5. The molecule has 0 spiro atoms. The largest absolute Gasteiger partial charge is 0.490 e. The van der Waals surface area contributed by atoms with Gasteiger partial charge in [-0.3, -0.25) is 0 Å². The lowest BCUT2D eigenvalue weighted by atomic mass is 10.1. The van der Waals surface area contributed by atoms with Crippen LogP contribution in [0.25, 0.3) is 6.08 Å². The van der Waals surface area contributed by atoms with Crippen molar-refractivity contribution < 1.29 is 29.0 Å². The third-order valence-corrected chi connectivity index (χ3v) is 4.90. The SMILES string of the molecule is CCOc1cc(/C=C2\C(=O)ON=C2C)cc(I)c1OCc1ccc(C(=O)O)cc1. The van der Waals surface area contributed by atoms with E-state index in [0.717, 1.165) is 14.7 Å². The van der Waals surface area contributed by atoms with Crippen molar-refractivity contribution >= 4 is 46.3 Å². The molecular weight excluding hydrogens is 489 g/mol. The molecule has 2 aromatic carbocycles. The van der Waals surface area contributed by atoms with Crippen molar-refractivity contribution in [3.8, 4) is 11.5 Å². The van der Waals surface area contributed by atoms with E-state index in [1.807, 2.05) is 13.0 Å². The van der Waals surface area contributed by atoms with E-state index >= 15 is 0 Å². The van der Waals surface area contributed by atoms with E-state index in [2.05, 4.69) is 32.6 Å². The topological polar surface area (TPSA) is 94.4 Å². The van der Waals surface area contributed by atoms with E-state index in [1.54, 1.807) is 31.2 Å². The smallest absolute Gasteiger partial charge is 0.367 e. The summed E-state index contributed by atoms with van der Waals surface area (Å²) in [6, 6.07) is 10.2. The van der Waals surface area contributed by atoms with Crippen LogP contribution in [0, 0.1) is 3.57 Å². The Morgan fingerprint density at radius 1 is 1.24 bits per heavy atom. The third-order valence-electron chi connectivity index (χ3n) is 4.10. The molecule has 0 aliphatic carbocycles. The molecule has 8 heteroatoms. The Morgan fingerprint density at radius 3 is 2.55 bits per heavy atom. The maximum absolute atomic E-state index is 11.8. The molecule has 0 radical (unpaired) electrons. The average molecular weight is 507 g/mol.